The lowest BCUT2D eigenvalue weighted by atomic mass is 10.2. The molecule has 0 bridgehead atoms. The highest BCUT2D eigenvalue weighted by Crippen LogP contribution is 2.29. The Morgan fingerprint density at radius 3 is 2.58 bits per heavy atom. The third-order valence-corrected chi connectivity index (χ3v) is 2.96. The van der Waals surface area contributed by atoms with Gasteiger partial charge in [-0.25, -0.2) is 0 Å². The number of hydrogen-bond donors (Lipinski definition) is 1. The summed E-state index contributed by atoms with van der Waals surface area (Å²) >= 11 is 0. The van der Waals surface area contributed by atoms with Crippen LogP contribution in [0, 0.1) is 6.92 Å². The summed E-state index contributed by atoms with van der Waals surface area (Å²) in [6, 6.07) is 9.75. The highest BCUT2D eigenvalue weighted by molar-refractivity contribution is 5.54. The average molecular weight is 258 g/mol. The molecule has 0 aliphatic heterocycles. The third-order valence-electron chi connectivity index (χ3n) is 2.96. The van der Waals surface area contributed by atoms with Crippen LogP contribution in [0.1, 0.15) is 11.3 Å². The zero-order valence-electron chi connectivity index (χ0n) is 11.4. The lowest BCUT2D eigenvalue weighted by molar-refractivity contribution is 0.355. The zero-order valence-corrected chi connectivity index (χ0v) is 11.4. The molecule has 0 saturated heterocycles. The molecule has 2 rings (SSSR count). The van der Waals surface area contributed by atoms with E-state index in [-0.39, 0.29) is 0 Å². The van der Waals surface area contributed by atoms with E-state index in [1.807, 2.05) is 24.3 Å². The maximum Gasteiger partial charge on any atom is 0.162 e. The first kappa shape index (κ1) is 13.2. The SMILES string of the molecule is COc1ccc(NCc2ncccc2C)cc1OC. The van der Waals surface area contributed by atoms with Gasteiger partial charge in [0, 0.05) is 18.0 Å². The van der Waals surface area contributed by atoms with Crippen molar-refractivity contribution in [2.75, 3.05) is 19.5 Å². The van der Waals surface area contributed by atoms with Gasteiger partial charge in [0.2, 0.25) is 0 Å². The quantitative estimate of drug-likeness (QED) is 0.895. The molecule has 0 aliphatic carbocycles. The van der Waals surface area contributed by atoms with E-state index in [1.54, 1.807) is 20.4 Å². The topological polar surface area (TPSA) is 43.4 Å². The third kappa shape index (κ3) is 3.16. The lowest BCUT2D eigenvalue weighted by Crippen LogP contribution is -2.03. The minimum absolute atomic E-state index is 0.683. The largest absolute Gasteiger partial charge is 0.493 e. The molecule has 0 radical (unpaired) electrons. The molecule has 0 spiro atoms. The van der Waals surface area contributed by atoms with Gasteiger partial charge in [-0.1, -0.05) is 6.07 Å². The van der Waals surface area contributed by atoms with Crippen LogP contribution in [0.2, 0.25) is 0 Å². The molecule has 100 valence electrons. The molecule has 19 heavy (non-hydrogen) atoms. The van der Waals surface area contributed by atoms with Crippen LogP contribution in [0.4, 0.5) is 5.69 Å². The van der Waals surface area contributed by atoms with E-state index in [9.17, 15) is 0 Å². The summed E-state index contributed by atoms with van der Waals surface area (Å²) in [5.41, 5.74) is 3.19. The molecule has 0 fully saturated rings. The fourth-order valence-corrected chi connectivity index (χ4v) is 1.84. The normalized spacial score (nSPS) is 10.1. The maximum atomic E-state index is 5.27. The summed E-state index contributed by atoms with van der Waals surface area (Å²) in [6.07, 6.45) is 1.80. The number of methoxy groups -OCH3 is 2. The van der Waals surface area contributed by atoms with Crippen LogP contribution in [0.5, 0.6) is 11.5 Å². The zero-order chi connectivity index (χ0) is 13.7. The number of hydrogen-bond acceptors (Lipinski definition) is 4. The summed E-state index contributed by atoms with van der Waals surface area (Å²) in [4.78, 5) is 4.35. The molecule has 0 saturated carbocycles. The number of aromatic nitrogens is 1. The van der Waals surface area contributed by atoms with Crippen LogP contribution in [-0.4, -0.2) is 19.2 Å². The summed E-state index contributed by atoms with van der Waals surface area (Å²) in [6.45, 7) is 2.74. The Morgan fingerprint density at radius 1 is 1.11 bits per heavy atom. The second-order valence-electron chi connectivity index (χ2n) is 4.19. The number of nitrogens with zero attached hydrogens (tertiary/aromatic N) is 1. The van der Waals surface area contributed by atoms with E-state index in [1.165, 1.54) is 5.56 Å². The van der Waals surface area contributed by atoms with E-state index < -0.39 is 0 Å². The molecule has 2 aromatic rings. The molecule has 0 aliphatic rings. The van der Waals surface area contributed by atoms with Crippen molar-refractivity contribution in [3.8, 4) is 11.5 Å². The minimum Gasteiger partial charge on any atom is -0.493 e. The fraction of sp³-hybridized carbons (Fsp3) is 0.267. The van der Waals surface area contributed by atoms with Crippen molar-refractivity contribution < 1.29 is 9.47 Å². The Balaban J connectivity index is 2.10. The van der Waals surface area contributed by atoms with Gasteiger partial charge in [0.15, 0.2) is 11.5 Å². The van der Waals surface area contributed by atoms with Crippen LogP contribution in [0.25, 0.3) is 0 Å². The molecular formula is C15H18N2O2. The summed E-state index contributed by atoms with van der Waals surface area (Å²) in [5, 5.41) is 3.33. The van der Waals surface area contributed by atoms with Crippen molar-refractivity contribution in [3.05, 3.63) is 47.8 Å². The smallest absolute Gasteiger partial charge is 0.162 e. The number of anilines is 1. The Hall–Kier alpha value is -2.23. The van der Waals surface area contributed by atoms with Crippen molar-refractivity contribution in [1.82, 2.24) is 4.98 Å². The van der Waals surface area contributed by atoms with E-state index in [0.29, 0.717) is 12.3 Å². The van der Waals surface area contributed by atoms with E-state index >= 15 is 0 Å². The van der Waals surface area contributed by atoms with Gasteiger partial charge in [0.05, 0.1) is 26.5 Å². The predicted molar refractivity (Wildman–Crippen MR) is 75.8 cm³/mol. The summed E-state index contributed by atoms with van der Waals surface area (Å²) in [5.74, 6) is 1.44. The second kappa shape index (κ2) is 6.09. The van der Waals surface area contributed by atoms with Crippen LogP contribution < -0.4 is 14.8 Å². The van der Waals surface area contributed by atoms with Gasteiger partial charge in [0.1, 0.15) is 0 Å². The Morgan fingerprint density at radius 2 is 1.89 bits per heavy atom. The Bertz CT molecular complexity index is 556. The predicted octanol–water partition coefficient (Wildman–Crippen LogP) is 3.02. The van der Waals surface area contributed by atoms with Crippen LogP contribution in [0.3, 0.4) is 0 Å². The van der Waals surface area contributed by atoms with Gasteiger partial charge in [-0.05, 0) is 30.7 Å². The van der Waals surface area contributed by atoms with Crippen molar-refractivity contribution in [2.45, 2.75) is 13.5 Å². The number of rotatable bonds is 5. The molecule has 1 N–H and O–H groups in total. The molecular weight excluding hydrogens is 240 g/mol. The summed E-state index contributed by atoms with van der Waals surface area (Å²) < 4.78 is 10.5. The first-order valence-corrected chi connectivity index (χ1v) is 6.11. The van der Waals surface area contributed by atoms with Crippen molar-refractivity contribution in [1.29, 1.82) is 0 Å². The monoisotopic (exact) mass is 258 g/mol. The molecule has 0 amide bonds. The summed E-state index contributed by atoms with van der Waals surface area (Å²) in [7, 11) is 3.26. The number of nitrogens with one attached hydrogen (secondary N) is 1. The first-order valence-electron chi connectivity index (χ1n) is 6.11. The molecule has 1 heterocycles. The molecule has 4 heteroatoms. The highest BCUT2D eigenvalue weighted by atomic mass is 16.5. The average Bonchev–Trinajstić information content (AvgIpc) is 2.46. The van der Waals surface area contributed by atoms with Gasteiger partial charge in [-0.15, -0.1) is 0 Å². The molecule has 1 aromatic heterocycles. The van der Waals surface area contributed by atoms with E-state index in [0.717, 1.165) is 17.1 Å². The highest BCUT2D eigenvalue weighted by Gasteiger charge is 2.05. The van der Waals surface area contributed by atoms with Gasteiger partial charge < -0.3 is 14.8 Å². The Labute approximate surface area is 113 Å². The van der Waals surface area contributed by atoms with Crippen molar-refractivity contribution in [3.63, 3.8) is 0 Å². The molecule has 0 atom stereocenters. The van der Waals surface area contributed by atoms with Gasteiger partial charge in [-0.2, -0.15) is 0 Å². The van der Waals surface area contributed by atoms with E-state index in [4.69, 9.17) is 9.47 Å². The van der Waals surface area contributed by atoms with Gasteiger partial charge in [-0.3, -0.25) is 4.98 Å². The number of benzene rings is 1. The maximum absolute atomic E-state index is 5.27. The number of aryl methyl sites for hydroxylation is 1. The molecule has 1 aromatic carbocycles. The standard InChI is InChI=1S/C15H18N2O2/c1-11-5-4-8-16-13(11)10-17-12-6-7-14(18-2)15(9-12)19-3/h4-9,17H,10H2,1-3H3. The fourth-order valence-electron chi connectivity index (χ4n) is 1.84. The second-order valence-corrected chi connectivity index (χ2v) is 4.19. The lowest BCUT2D eigenvalue weighted by Gasteiger charge is -2.11. The van der Waals surface area contributed by atoms with Crippen LogP contribution in [0.15, 0.2) is 36.5 Å². The number of pyridine rings is 1. The van der Waals surface area contributed by atoms with Crippen molar-refractivity contribution in [2.24, 2.45) is 0 Å². The molecule has 4 nitrogen and oxygen atoms in total. The minimum atomic E-state index is 0.683. The molecule has 0 unspecified atom stereocenters. The van der Waals surface area contributed by atoms with Crippen molar-refractivity contribution >= 4 is 5.69 Å². The van der Waals surface area contributed by atoms with E-state index in [2.05, 4.69) is 23.3 Å². The Kier molecular flexibility index (Phi) is 4.23. The number of ether oxygens (including phenoxy) is 2. The van der Waals surface area contributed by atoms with Gasteiger partial charge >= 0.3 is 0 Å². The van der Waals surface area contributed by atoms with Crippen LogP contribution >= 0.6 is 0 Å². The van der Waals surface area contributed by atoms with Crippen LogP contribution in [-0.2, 0) is 6.54 Å². The van der Waals surface area contributed by atoms with Gasteiger partial charge in [0.25, 0.3) is 0 Å². The first-order chi connectivity index (χ1) is 9.24.